The molecule has 1 aromatic rings. The lowest BCUT2D eigenvalue weighted by molar-refractivity contribution is -0.00713. The lowest BCUT2D eigenvalue weighted by Gasteiger charge is -2.36. The van der Waals surface area contributed by atoms with Gasteiger partial charge < -0.3 is 5.11 Å². The molecule has 3 heteroatoms. The highest BCUT2D eigenvalue weighted by Gasteiger charge is 2.38. The van der Waals surface area contributed by atoms with E-state index >= 15 is 0 Å². The number of hydrogen-bond donors (Lipinski definition) is 1. The molecule has 1 aliphatic rings. The zero-order chi connectivity index (χ0) is 13.0. The van der Waals surface area contributed by atoms with Crippen LogP contribution < -0.4 is 0 Å². The fourth-order valence-electron chi connectivity index (χ4n) is 2.72. The van der Waals surface area contributed by atoms with E-state index in [4.69, 9.17) is 0 Å². The van der Waals surface area contributed by atoms with E-state index in [2.05, 4.69) is 6.07 Å². The van der Waals surface area contributed by atoms with Gasteiger partial charge in [-0.1, -0.05) is 43.5 Å². The van der Waals surface area contributed by atoms with Gasteiger partial charge in [0, 0.05) is 5.56 Å². The van der Waals surface area contributed by atoms with Gasteiger partial charge in [-0.15, -0.1) is 0 Å². The minimum absolute atomic E-state index is 0.501. The van der Waals surface area contributed by atoms with Gasteiger partial charge in [0.25, 0.3) is 0 Å². The third-order valence-corrected chi connectivity index (χ3v) is 3.79. The Kier molecular flexibility index (Phi) is 3.78. The Bertz CT molecular complexity index is 452. The van der Waals surface area contributed by atoms with Crippen LogP contribution in [0.1, 0.15) is 53.9 Å². The van der Waals surface area contributed by atoms with Gasteiger partial charge in [0.2, 0.25) is 0 Å². The predicted octanol–water partition coefficient (Wildman–Crippen LogP) is 2.80. The molecule has 0 aliphatic heterocycles. The molecule has 0 heterocycles. The van der Waals surface area contributed by atoms with Crippen molar-refractivity contribution in [1.82, 2.24) is 0 Å². The van der Waals surface area contributed by atoms with E-state index in [1.165, 1.54) is 0 Å². The lowest BCUT2D eigenvalue weighted by atomic mass is 9.73. The Morgan fingerprint density at radius 1 is 1.22 bits per heavy atom. The number of nitriles is 1. The van der Waals surface area contributed by atoms with Crippen molar-refractivity contribution in [3.05, 3.63) is 35.4 Å². The SMILES string of the molecule is N#CC(c1ccc(C=O)cc1)C1(O)CCCCC1. The fraction of sp³-hybridized carbons (Fsp3) is 0.467. The van der Waals surface area contributed by atoms with Crippen molar-refractivity contribution in [1.29, 1.82) is 5.26 Å². The molecule has 18 heavy (non-hydrogen) atoms. The Morgan fingerprint density at radius 3 is 2.33 bits per heavy atom. The Morgan fingerprint density at radius 2 is 1.83 bits per heavy atom. The number of benzene rings is 1. The smallest absolute Gasteiger partial charge is 0.150 e. The summed E-state index contributed by atoms with van der Waals surface area (Å²) in [4.78, 5) is 10.6. The van der Waals surface area contributed by atoms with Crippen molar-refractivity contribution in [3.8, 4) is 6.07 Å². The van der Waals surface area contributed by atoms with Crippen molar-refractivity contribution in [2.24, 2.45) is 0 Å². The third-order valence-electron chi connectivity index (χ3n) is 3.79. The average molecular weight is 243 g/mol. The first-order chi connectivity index (χ1) is 8.69. The predicted molar refractivity (Wildman–Crippen MR) is 68.2 cm³/mol. The highest BCUT2D eigenvalue weighted by atomic mass is 16.3. The highest BCUT2D eigenvalue weighted by Crippen LogP contribution is 2.39. The van der Waals surface area contributed by atoms with Gasteiger partial charge in [-0.25, -0.2) is 0 Å². The number of aliphatic hydroxyl groups is 1. The first kappa shape index (κ1) is 12.8. The van der Waals surface area contributed by atoms with E-state index in [-0.39, 0.29) is 0 Å². The van der Waals surface area contributed by atoms with E-state index in [0.29, 0.717) is 18.4 Å². The van der Waals surface area contributed by atoms with Crippen LogP contribution in [-0.4, -0.2) is 17.0 Å². The maximum Gasteiger partial charge on any atom is 0.150 e. The van der Waals surface area contributed by atoms with Crippen molar-refractivity contribution < 1.29 is 9.90 Å². The summed E-state index contributed by atoms with van der Waals surface area (Å²) in [6.07, 6.45) is 5.22. The number of hydrogen-bond acceptors (Lipinski definition) is 3. The summed E-state index contributed by atoms with van der Waals surface area (Å²) in [5.74, 6) is -0.501. The van der Waals surface area contributed by atoms with Gasteiger partial charge >= 0.3 is 0 Å². The van der Waals surface area contributed by atoms with Crippen molar-refractivity contribution in [3.63, 3.8) is 0 Å². The number of aldehydes is 1. The van der Waals surface area contributed by atoms with Crippen molar-refractivity contribution in [2.75, 3.05) is 0 Å². The molecule has 1 aromatic carbocycles. The summed E-state index contributed by atoms with van der Waals surface area (Å²) in [7, 11) is 0. The molecule has 1 fully saturated rings. The zero-order valence-corrected chi connectivity index (χ0v) is 10.3. The van der Waals surface area contributed by atoms with Crippen molar-refractivity contribution >= 4 is 6.29 Å². The second kappa shape index (κ2) is 5.32. The van der Waals surface area contributed by atoms with Crippen LogP contribution >= 0.6 is 0 Å². The van der Waals surface area contributed by atoms with Crippen LogP contribution in [0.4, 0.5) is 0 Å². The molecule has 0 saturated heterocycles. The monoisotopic (exact) mass is 243 g/mol. The maximum atomic E-state index is 10.6. The number of rotatable bonds is 3. The van der Waals surface area contributed by atoms with Crippen LogP contribution in [0.2, 0.25) is 0 Å². The van der Waals surface area contributed by atoms with Crippen LogP contribution in [0.15, 0.2) is 24.3 Å². The van der Waals surface area contributed by atoms with Crippen molar-refractivity contribution in [2.45, 2.75) is 43.6 Å². The zero-order valence-electron chi connectivity index (χ0n) is 10.3. The summed E-state index contributed by atoms with van der Waals surface area (Å²) < 4.78 is 0. The minimum atomic E-state index is -0.907. The lowest BCUT2D eigenvalue weighted by Crippen LogP contribution is -2.37. The second-order valence-corrected chi connectivity index (χ2v) is 5.01. The molecule has 94 valence electrons. The van der Waals surface area contributed by atoms with Gasteiger partial charge in [0.15, 0.2) is 0 Å². The van der Waals surface area contributed by atoms with Gasteiger partial charge in [0.1, 0.15) is 6.29 Å². The quantitative estimate of drug-likeness (QED) is 0.830. The number of nitrogens with zero attached hydrogens (tertiary/aromatic N) is 1. The maximum absolute atomic E-state index is 10.6. The van der Waals surface area contributed by atoms with E-state index < -0.39 is 11.5 Å². The third kappa shape index (κ3) is 2.44. The molecule has 1 unspecified atom stereocenters. The largest absolute Gasteiger partial charge is 0.388 e. The van der Waals surface area contributed by atoms with Gasteiger partial charge in [0.05, 0.1) is 17.6 Å². The minimum Gasteiger partial charge on any atom is -0.388 e. The molecule has 1 saturated carbocycles. The molecule has 1 aliphatic carbocycles. The molecule has 0 bridgehead atoms. The van der Waals surface area contributed by atoms with E-state index in [1.807, 2.05) is 0 Å². The first-order valence-corrected chi connectivity index (χ1v) is 6.37. The summed E-state index contributed by atoms with van der Waals surface area (Å²) in [6.45, 7) is 0. The van der Waals surface area contributed by atoms with Crippen LogP contribution in [0, 0.1) is 11.3 Å². The summed E-state index contributed by atoms with van der Waals surface area (Å²) in [5.41, 5.74) is 0.481. The Balaban J connectivity index is 2.26. The molecule has 0 aromatic heterocycles. The molecule has 2 rings (SSSR count). The summed E-state index contributed by atoms with van der Waals surface area (Å²) in [6, 6.07) is 9.15. The molecule has 1 N–H and O–H groups in total. The fourth-order valence-corrected chi connectivity index (χ4v) is 2.72. The second-order valence-electron chi connectivity index (χ2n) is 5.01. The first-order valence-electron chi connectivity index (χ1n) is 6.37. The summed E-state index contributed by atoms with van der Waals surface area (Å²) >= 11 is 0. The number of carbonyl (C=O) groups is 1. The van der Waals surface area contributed by atoms with E-state index in [9.17, 15) is 15.2 Å². The molecule has 0 spiro atoms. The molecule has 0 amide bonds. The van der Waals surface area contributed by atoms with Crippen LogP contribution in [0.3, 0.4) is 0 Å². The Labute approximate surface area is 107 Å². The summed E-state index contributed by atoms with van der Waals surface area (Å²) in [5, 5.41) is 20.0. The molecular weight excluding hydrogens is 226 g/mol. The molecular formula is C15H17NO2. The normalized spacial score (nSPS) is 19.8. The molecule has 3 nitrogen and oxygen atoms in total. The standard InChI is InChI=1S/C15H17NO2/c16-10-14(15(18)8-2-1-3-9-15)13-6-4-12(11-17)5-7-13/h4-7,11,14,18H,1-3,8-9H2. The molecule has 0 radical (unpaired) electrons. The van der Waals surface area contributed by atoms with Crippen LogP contribution in [0.5, 0.6) is 0 Å². The Hall–Kier alpha value is -1.66. The highest BCUT2D eigenvalue weighted by molar-refractivity contribution is 5.74. The van der Waals surface area contributed by atoms with Crippen LogP contribution in [0.25, 0.3) is 0 Å². The topological polar surface area (TPSA) is 61.1 Å². The van der Waals surface area contributed by atoms with Gasteiger partial charge in [-0.2, -0.15) is 5.26 Å². The average Bonchev–Trinajstić information content (AvgIpc) is 2.41. The van der Waals surface area contributed by atoms with E-state index in [0.717, 1.165) is 31.1 Å². The number of carbonyl (C=O) groups excluding carboxylic acids is 1. The van der Waals surface area contributed by atoms with Gasteiger partial charge in [-0.3, -0.25) is 4.79 Å². The molecule has 1 atom stereocenters. The van der Waals surface area contributed by atoms with E-state index in [1.54, 1.807) is 24.3 Å². The van der Waals surface area contributed by atoms with Crippen LogP contribution in [-0.2, 0) is 0 Å². The van der Waals surface area contributed by atoms with Gasteiger partial charge in [-0.05, 0) is 18.4 Å².